The van der Waals surface area contributed by atoms with Crippen LogP contribution in [0, 0.1) is 0 Å². The summed E-state index contributed by atoms with van der Waals surface area (Å²) in [6.45, 7) is 4.65. The maximum absolute atomic E-state index is 11.7. The lowest BCUT2D eigenvalue weighted by atomic mass is 10.1. The molecule has 0 fully saturated rings. The quantitative estimate of drug-likeness (QED) is 0.735. The first-order valence-corrected chi connectivity index (χ1v) is 6.80. The third kappa shape index (κ3) is 3.60. The van der Waals surface area contributed by atoms with Gasteiger partial charge in [-0.25, -0.2) is 9.78 Å². The third-order valence-electron chi connectivity index (χ3n) is 3.34. The molecule has 0 aromatic carbocycles. The molecule has 1 rings (SSSR count). The summed E-state index contributed by atoms with van der Waals surface area (Å²) in [5, 5.41) is 9.23. The van der Waals surface area contributed by atoms with Crippen molar-refractivity contribution in [1.29, 1.82) is 0 Å². The lowest BCUT2D eigenvalue weighted by molar-refractivity contribution is 0.0602. The highest BCUT2D eigenvalue weighted by molar-refractivity contribution is 5.95. The minimum absolute atomic E-state index is 0.0239. The molecule has 1 aromatic heterocycles. The fourth-order valence-corrected chi connectivity index (χ4v) is 2.22. The lowest BCUT2D eigenvalue weighted by Crippen LogP contribution is -2.37. The van der Waals surface area contributed by atoms with Crippen LogP contribution in [0.1, 0.15) is 37.0 Å². The minimum Gasteiger partial charge on any atom is -0.465 e. The number of pyridine rings is 1. The van der Waals surface area contributed by atoms with Crippen LogP contribution in [0.5, 0.6) is 0 Å². The Balaban J connectivity index is 3.17. The number of ether oxygens (including phenoxy) is 1. The monoisotopic (exact) mass is 281 g/mol. The number of aliphatic hydroxyl groups is 1. The fraction of sp³-hybridized carbons (Fsp3) is 0.571. The van der Waals surface area contributed by atoms with E-state index in [1.165, 1.54) is 13.3 Å². The number of hydrogen-bond donors (Lipinski definition) is 2. The Hall–Kier alpha value is -1.82. The van der Waals surface area contributed by atoms with Gasteiger partial charge in [0.25, 0.3) is 0 Å². The van der Waals surface area contributed by atoms with E-state index in [2.05, 4.69) is 18.8 Å². The minimum atomic E-state index is -0.486. The van der Waals surface area contributed by atoms with Crippen molar-refractivity contribution >= 4 is 17.5 Å². The van der Waals surface area contributed by atoms with Crippen molar-refractivity contribution < 1.29 is 14.6 Å². The molecule has 112 valence electrons. The van der Waals surface area contributed by atoms with Gasteiger partial charge >= 0.3 is 5.97 Å². The van der Waals surface area contributed by atoms with E-state index in [0.29, 0.717) is 17.9 Å². The summed E-state index contributed by atoms with van der Waals surface area (Å²) in [6.07, 6.45) is 3.31. The summed E-state index contributed by atoms with van der Waals surface area (Å²) >= 11 is 0. The van der Waals surface area contributed by atoms with E-state index in [0.717, 1.165) is 12.8 Å². The summed E-state index contributed by atoms with van der Waals surface area (Å²) in [6, 6.07) is 1.87. The van der Waals surface area contributed by atoms with Crippen LogP contribution in [0.3, 0.4) is 0 Å². The smallest absolute Gasteiger partial charge is 0.340 e. The summed E-state index contributed by atoms with van der Waals surface area (Å²) in [5.74, 6) is 0.141. The molecular weight excluding hydrogens is 258 g/mol. The van der Waals surface area contributed by atoms with E-state index < -0.39 is 5.97 Å². The van der Waals surface area contributed by atoms with Gasteiger partial charge in [0.1, 0.15) is 5.82 Å². The fourth-order valence-electron chi connectivity index (χ4n) is 2.22. The van der Waals surface area contributed by atoms with Crippen molar-refractivity contribution in [2.75, 3.05) is 30.9 Å². The number of aromatic nitrogens is 1. The zero-order valence-corrected chi connectivity index (χ0v) is 12.3. The van der Waals surface area contributed by atoms with Crippen LogP contribution in [-0.4, -0.2) is 42.4 Å². The number of carbonyl (C=O) groups is 1. The molecule has 0 aliphatic heterocycles. The Morgan fingerprint density at radius 1 is 1.50 bits per heavy atom. The second-order valence-corrected chi connectivity index (χ2v) is 4.51. The van der Waals surface area contributed by atoms with Gasteiger partial charge < -0.3 is 20.5 Å². The Labute approximate surface area is 119 Å². The summed E-state index contributed by atoms with van der Waals surface area (Å²) in [4.78, 5) is 17.9. The van der Waals surface area contributed by atoms with Gasteiger partial charge in [0.05, 0.1) is 31.2 Å². The number of carbonyl (C=O) groups excluding carboxylic acids is 1. The standard InChI is InChI=1S/C14H23N3O3/c1-4-10(5-2)17(6-7-18)13-8-11(14(19)20-3)12(15)9-16-13/h8-10,18H,4-7,15H2,1-3H3. The normalized spacial score (nSPS) is 10.7. The molecule has 6 heteroatoms. The molecule has 1 heterocycles. The molecule has 3 N–H and O–H groups in total. The maximum Gasteiger partial charge on any atom is 0.340 e. The van der Waals surface area contributed by atoms with E-state index in [4.69, 9.17) is 10.5 Å². The van der Waals surface area contributed by atoms with Crippen LogP contribution < -0.4 is 10.6 Å². The van der Waals surface area contributed by atoms with Crippen LogP contribution in [0.25, 0.3) is 0 Å². The predicted octanol–water partition coefficient (Wildman–Crippen LogP) is 1.44. The molecule has 1 aromatic rings. The Morgan fingerprint density at radius 3 is 2.65 bits per heavy atom. The predicted molar refractivity (Wildman–Crippen MR) is 78.8 cm³/mol. The highest BCUT2D eigenvalue weighted by Crippen LogP contribution is 2.22. The van der Waals surface area contributed by atoms with E-state index in [1.807, 2.05) is 4.90 Å². The molecular formula is C14H23N3O3. The molecule has 0 atom stereocenters. The zero-order chi connectivity index (χ0) is 15.1. The molecule has 0 aliphatic rings. The van der Waals surface area contributed by atoms with Gasteiger partial charge in [0.15, 0.2) is 0 Å². The van der Waals surface area contributed by atoms with Crippen molar-refractivity contribution in [1.82, 2.24) is 4.98 Å². The van der Waals surface area contributed by atoms with Crippen molar-refractivity contribution in [3.8, 4) is 0 Å². The van der Waals surface area contributed by atoms with Crippen molar-refractivity contribution in [3.63, 3.8) is 0 Å². The van der Waals surface area contributed by atoms with E-state index in [1.54, 1.807) is 6.07 Å². The SMILES string of the molecule is CCC(CC)N(CCO)c1cc(C(=O)OC)c(N)cn1. The van der Waals surface area contributed by atoms with Crippen LogP contribution in [0.15, 0.2) is 12.3 Å². The largest absolute Gasteiger partial charge is 0.465 e. The average Bonchev–Trinajstić information content (AvgIpc) is 2.47. The number of methoxy groups -OCH3 is 1. The second kappa shape index (κ2) is 7.69. The summed E-state index contributed by atoms with van der Waals surface area (Å²) in [5.41, 5.74) is 6.33. The van der Waals surface area contributed by atoms with E-state index in [9.17, 15) is 9.90 Å². The highest BCUT2D eigenvalue weighted by Gasteiger charge is 2.19. The van der Waals surface area contributed by atoms with Crippen LogP contribution >= 0.6 is 0 Å². The molecule has 0 saturated heterocycles. The van der Waals surface area contributed by atoms with Crippen molar-refractivity contribution in [2.24, 2.45) is 0 Å². The molecule has 0 radical (unpaired) electrons. The molecule has 6 nitrogen and oxygen atoms in total. The Morgan fingerprint density at radius 2 is 2.15 bits per heavy atom. The number of anilines is 2. The summed E-state index contributed by atoms with van der Waals surface area (Å²) in [7, 11) is 1.31. The lowest BCUT2D eigenvalue weighted by Gasteiger charge is -2.31. The number of nitrogen functional groups attached to an aromatic ring is 1. The first-order valence-electron chi connectivity index (χ1n) is 6.80. The average molecular weight is 281 g/mol. The third-order valence-corrected chi connectivity index (χ3v) is 3.34. The first-order chi connectivity index (χ1) is 9.58. The zero-order valence-electron chi connectivity index (χ0n) is 12.3. The summed E-state index contributed by atoms with van der Waals surface area (Å²) < 4.78 is 4.71. The topological polar surface area (TPSA) is 88.7 Å². The van der Waals surface area contributed by atoms with Gasteiger partial charge in [-0.15, -0.1) is 0 Å². The molecule has 0 amide bonds. The number of aliphatic hydroxyl groups excluding tert-OH is 1. The Bertz CT molecular complexity index is 447. The van der Waals surface area contributed by atoms with Crippen molar-refractivity contribution in [3.05, 3.63) is 17.8 Å². The number of esters is 1. The number of nitrogens with zero attached hydrogens (tertiary/aromatic N) is 2. The molecule has 20 heavy (non-hydrogen) atoms. The first kappa shape index (κ1) is 16.2. The van der Waals surface area contributed by atoms with Crippen LogP contribution in [0.2, 0.25) is 0 Å². The maximum atomic E-state index is 11.7. The van der Waals surface area contributed by atoms with Gasteiger partial charge in [-0.05, 0) is 18.9 Å². The highest BCUT2D eigenvalue weighted by atomic mass is 16.5. The second-order valence-electron chi connectivity index (χ2n) is 4.51. The van der Waals surface area contributed by atoms with E-state index >= 15 is 0 Å². The molecule has 0 unspecified atom stereocenters. The Kier molecular flexibility index (Phi) is 6.24. The molecule has 0 aliphatic carbocycles. The number of rotatable bonds is 7. The van der Waals surface area contributed by atoms with Crippen LogP contribution in [0.4, 0.5) is 11.5 Å². The molecule has 0 bridgehead atoms. The number of hydrogen-bond acceptors (Lipinski definition) is 6. The molecule has 0 saturated carbocycles. The number of nitrogens with two attached hydrogens (primary N) is 1. The van der Waals surface area contributed by atoms with Crippen molar-refractivity contribution in [2.45, 2.75) is 32.7 Å². The van der Waals surface area contributed by atoms with Gasteiger partial charge in [-0.3, -0.25) is 0 Å². The van der Waals surface area contributed by atoms with Gasteiger partial charge in [-0.2, -0.15) is 0 Å². The molecule has 0 spiro atoms. The van der Waals surface area contributed by atoms with E-state index in [-0.39, 0.29) is 18.3 Å². The van der Waals surface area contributed by atoms with Gasteiger partial charge in [0.2, 0.25) is 0 Å². The van der Waals surface area contributed by atoms with Crippen LogP contribution in [-0.2, 0) is 4.74 Å². The van der Waals surface area contributed by atoms with Gasteiger partial charge in [-0.1, -0.05) is 13.8 Å². The van der Waals surface area contributed by atoms with Gasteiger partial charge in [0, 0.05) is 12.6 Å².